The maximum Gasteiger partial charge on any atom is 0.0522 e. The van der Waals surface area contributed by atoms with E-state index in [4.69, 9.17) is 0 Å². The molecule has 21 heavy (non-hydrogen) atoms. The van der Waals surface area contributed by atoms with Gasteiger partial charge in [0.25, 0.3) is 0 Å². The summed E-state index contributed by atoms with van der Waals surface area (Å²) in [6, 6.07) is 11.5. The van der Waals surface area contributed by atoms with E-state index >= 15 is 0 Å². The Balaban J connectivity index is 1.75. The van der Waals surface area contributed by atoms with E-state index in [1.807, 2.05) is 6.20 Å². The molecule has 0 amide bonds. The predicted octanol–water partition coefficient (Wildman–Crippen LogP) is 3.50. The van der Waals surface area contributed by atoms with Crippen molar-refractivity contribution in [3.8, 4) is 0 Å². The highest BCUT2D eigenvalue weighted by molar-refractivity contribution is 5.32. The van der Waals surface area contributed by atoms with Gasteiger partial charge in [0.1, 0.15) is 0 Å². The average Bonchev–Trinajstić information content (AvgIpc) is 2.93. The van der Waals surface area contributed by atoms with Gasteiger partial charge in [-0.3, -0.25) is 4.68 Å². The second-order valence-electron chi connectivity index (χ2n) is 6.33. The summed E-state index contributed by atoms with van der Waals surface area (Å²) < 4.78 is 2.18. The second kappa shape index (κ2) is 6.44. The van der Waals surface area contributed by atoms with Gasteiger partial charge in [0.15, 0.2) is 0 Å². The van der Waals surface area contributed by atoms with Crippen LogP contribution < -0.4 is 5.32 Å². The molecule has 0 radical (unpaired) electrons. The molecule has 1 aliphatic rings. The van der Waals surface area contributed by atoms with Gasteiger partial charge in [-0.2, -0.15) is 5.10 Å². The van der Waals surface area contributed by atoms with Crippen LogP contribution in [-0.4, -0.2) is 15.8 Å². The molecule has 0 saturated carbocycles. The number of fused-ring (bicyclic) bond motifs is 1. The molecule has 112 valence electrons. The normalized spacial score (nSPS) is 18.0. The number of nitrogens with one attached hydrogen (secondary N) is 1. The van der Waals surface area contributed by atoms with Crippen LogP contribution in [0.5, 0.6) is 0 Å². The van der Waals surface area contributed by atoms with Crippen molar-refractivity contribution in [2.45, 2.75) is 58.2 Å². The van der Waals surface area contributed by atoms with Crippen molar-refractivity contribution in [1.29, 1.82) is 0 Å². The number of nitrogens with zero attached hydrogens (tertiary/aromatic N) is 2. The van der Waals surface area contributed by atoms with Crippen molar-refractivity contribution in [3.63, 3.8) is 0 Å². The van der Waals surface area contributed by atoms with Crippen LogP contribution in [0.4, 0.5) is 0 Å². The molecular formula is C18H25N3. The standard InChI is InChI=1S/C18H25N3/c1-14(2)19-12-17-10-11-20-21(17)13-16-8-5-7-15-6-3-4-9-18(15)16/h3-4,6,9-11,14,16,19H,5,7-8,12-13H2,1-2H3. The molecule has 3 nitrogen and oxygen atoms in total. The third kappa shape index (κ3) is 3.35. The third-order valence-corrected chi connectivity index (χ3v) is 4.38. The number of hydrogen-bond acceptors (Lipinski definition) is 2. The van der Waals surface area contributed by atoms with E-state index in [-0.39, 0.29) is 0 Å². The lowest BCUT2D eigenvalue weighted by molar-refractivity contribution is 0.439. The number of benzene rings is 1. The van der Waals surface area contributed by atoms with E-state index in [0.29, 0.717) is 12.0 Å². The summed E-state index contributed by atoms with van der Waals surface area (Å²) in [5, 5.41) is 8.02. The zero-order valence-electron chi connectivity index (χ0n) is 13.0. The first-order valence-corrected chi connectivity index (χ1v) is 8.06. The third-order valence-electron chi connectivity index (χ3n) is 4.38. The van der Waals surface area contributed by atoms with Crippen molar-refractivity contribution < 1.29 is 0 Å². The molecule has 3 heteroatoms. The summed E-state index contributed by atoms with van der Waals surface area (Å²) in [6.07, 6.45) is 5.72. The lowest BCUT2D eigenvalue weighted by Gasteiger charge is -2.26. The fourth-order valence-electron chi connectivity index (χ4n) is 3.24. The molecule has 1 atom stereocenters. The van der Waals surface area contributed by atoms with E-state index in [9.17, 15) is 0 Å². The second-order valence-corrected chi connectivity index (χ2v) is 6.33. The highest BCUT2D eigenvalue weighted by atomic mass is 15.3. The highest BCUT2D eigenvalue weighted by Gasteiger charge is 2.21. The van der Waals surface area contributed by atoms with Gasteiger partial charge >= 0.3 is 0 Å². The first-order chi connectivity index (χ1) is 10.2. The van der Waals surface area contributed by atoms with Crippen LogP contribution in [0, 0.1) is 0 Å². The molecule has 0 saturated heterocycles. The van der Waals surface area contributed by atoms with Crippen molar-refractivity contribution in [1.82, 2.24) is 15.1 Å². The summed E-state index contributed by atoms with van der Waals surface area (Å²) in [7, 11) is 0. The monoisotopic (exact) mass is 283 g/mol. The number of rotatable bonds is 5. The van der Waals surface area contributed by atoms with Crippen molar-refractivity contribution in [2.24, 2.45) is 0 Å². The SMILES string of the molecule is CC(C)NCc1ccnn1CC1CCCc2ccccc21. The smallest absolute Gasteiger partial charge is 0.0522 e. The topological polar surface area (TPSA) is 29.9 Å². The van der Waals surface area contributed by atoms with Crippen LogP contribution in [0.1, 0.15) is 49.4 Å². The van der Waals surface area contributed by atoms with E-state index in [1.54, 1.807) is 0 Å². The fourth-order valence-corrected chi connectivity index (χ4v) is 3.24. The molecule has 0 aliphatic heterocycles. The molecule has 0 fully saturated rings. The average molecular weight is 283 g/mol. The first kappa shape index (κ1) is 14.3. The van der Waals surface area contributed by atoms with E-state index in [0.717, 1.165) is 13.1 Å². The minimum absolute atomic E-state index is 0.503. The Morgan fingerprint density at radius 2 is 2.14 bits per heavy atom. The Hall–Kier alpha value is -1.61. The Kier molecular flexibility index (Phi) is 4.39. The van der Waals surface area contributed by atoms with Gasteiger partial charge in [-0.05, 0) is 36.5 Å². The van der Waals surface area contributed by atoms with Crippen LogP contribution in [0.3, 0.4) is 0 Å². The van der Waals surface area contributed by atoms with Gasteiger partial charge in [-0.25, -0.2) is 0 Å². The first-order valence-electron chi connectivity index (χ1n) is 8.06. The Morgan fingerprint density at radius 1 is 1.29 bits per heavy atom. The van der Waals surface area contributed by atoms with E-state index in [1.165, 1.54) is 36.1 Å². The van der Waals surface area contributed by atoms with Crippen LogP contribution in [0.2, 0.25) is 0 Å². The van der Waals surface area contributed by atoms with Gasteiger partial charge in [0, 0.05) is 31.2 Å². The van der Waals surface area contributed by atoms with Crippen LogP contribution in [0.25, 0.3) is 0 Å². The van der Waals surface area contributed by atoms with Gasteiger partial charge in [0.05, 0.1) is 5.69 Å². The number of hydrogen-bond donors (Lipinski definition) is 1. The fraction of sp³-hybridized carbons (Fsp3) is 0.500. The lowest BCUT2D eigenvalue weighted by Crippen LogP contribution is -2.25. The molecule has 1 aliphatic carbocycles. The summed E-state index contributed by atoms with van der Waals surface area (Å²) >= 11 is 0. The molecule has 3 rings (SSSR count). The van der Waals surface area contributed by atoms with Crippen molar-refractivity contribution >= 4 is 0 Å². The maximum absolute atomic E-state index is 4.54. The molecule has 1 aromatic heterocycles. The van der Waals surface area contributed by atoms with Gasteiger partial charge in [-0.15, -0.1) is 0 Å². The minimum Gasteiger partial charge on any atom is -0.309 e. The summed E-state index contributed by atoms with van der Waals surface area (Å²) in [4.78, 5) is 0. The molecule has 0 bridgehead atoms. The Bertz CT molecular complexity index is 586. The molecular weight excluding hydrogens is 258 g/mol. The Morgan fingerprint density at radius 3 is 3.00 bits per heavy atom. The number of aromatic nitrogens is 2. The van der Waals surface area contributed by atoms with Crippen LogP contribution in [-0.2, 0) is 19.5 Å². The zero-order valence-corrected chi connectivity index (χ0v) is 13.0. The van der Waals surface area contributed by atoms with Gasteiger partial charge < -0.3 is 5.32 Å². The van der Waals surface area contributed by atoms with Gasteiger partial charge in [0.2, 0.25) is 0 Å². The highest BCUT2D eigenvalue weighted by Crippen LogP contribution is 2.32. The quantitative estimate of drug-likeness (QED) is 0.910. The predicted molar refractivity (Wildman–Crippen MR) is 86.3 cm³/mol. The lowest BCUT2D eigenvalue weighted by atomic mass is 9.83. The van der Waals surface area contributed by atoms with Crippen molar-refractivity contribution in [2.75, 3.05) is 0 Å². The molecule has 1 unspecified atom stereocenters. The van der Waals surface area contributed by atoms with Gasteiger partial charge in [-0.1, -0.05) is 38.1 Å². The van der Waals surface area contributed by atoms with Crippen LogP contribution in [0.15, 0.2) is 36.5 Å². The number of aryl methyl sites for hydroxylation is 1. The maximum atomic E-state index is 4.54. The zero-order chi connectivity index (χ0) is 14.7. The largest absolute Gasteiger partial charge is 0.309 e. The van der Waals surface area contributed by atoms with Crippen LogP contribution >= 0.6 is 0 Å². The molecule has 0 spiro atoms. The molecule has 2 aromatic rings. The molecule has 1 aromatic carbocycles. The molecule has 1 N–H and O–H groups in total. The van der Waals surface area contributed by atoms with E-state index in [2.05, 4.69) is 59.3 Å². The molecule has 1 heterocycles. The summed E-state index contributed by atoms with van der Waals surface area (Å²) in [5.41, 5.74) is 4.34. The summed E-state index contributed by atoms with van der Waals surface area (Å²) in [5.74, 6) is 0.604. The minimum atomic E-state index is 0.503. The van der Waals surface area contributed by atoms with E-state index < -0.39 is 0 Å². The summed E-state index contributed by atoms with van der Waals surface area (Å²) in [6.45, 7) is 6.25. The Labute approximate surface area is 127 Å². The van der Waals surface area contributed by atoms with Crippen molar-refractivity contribution in [3.05, 3.63) is 53.3 Å².